The van der Waals surface area contributed by atoms with E-state index in [9.17, 15) is 0 Å². The van der Waals surface area contributed by atoms with Crippen LogP contribution in [0.4, 0.5) is 11.8 Å². The molecule has 3 rings (SSSR count). The zero-order valence-corrected chi connectivity index (χ0v) is 13.5. The largest absolute Gasteiger partial charge is 0.361 e. The number of thiophene rings is 2. The molecule has 0 radical (unpaired) electrons. The van der Waals surface area contributed by atoms with Crippen molar-refractivity contribution in [1.29, 1.82) is 0 Å². The number of rotatable bonds is 5. The Labute approximate surface area is 131 Å². The van der Waals surface area contributed by atoms with E-state index in [2.05, 4.69) is 52.1 Å². The number of nitrogens with one attached hydrogen (secondary N) is 2. The van der Waals surface area contributed by atoms with Crippen LogP contribution in [0.1, 0.15) is 24.8 Å². The molecule has 0 aliphatic rings. The molecule has 21 heavy (non-hydrogen) atoms. The number of nitrogens with two attached hydrogens (primary N) is 1. The second-order valence-corrected chi connectivity index (χ2v) is 6.93. The number of hydrogen-bond donors (Lipinski definition) is 3. The summed E-state index contributed by atoms with van der Waals surface area (Å²) in [5.74, 6) is 7.17. The summed E-state index contributed by atoms with van der Waals surface area (Å²) in [6.45, 7) is 4.40. The number of aromatic nitrogens is 2. The predicted octanol–water partition coefficient (Wildman–Crippen LogP) is 3.85. The van der Waals surface area contributed by atoms with Crippen LogP contribution >= 0.6 is 22.7 Å². The number of nitrogens with zero attached hydrogens (tertiary/aromatic N) is 2. The topological polar surface area (TPSA) is 75.9 Å². The molecule has 0 spiro atoms. The van der Waals surface area contributed by atoms with Crippen molar-refractivity contribution in [2.45, 2.75) is 19.9 Å². The molecule has 0 bridgehead atoms. The first kappa shape index (κ1) is 14.2. The maximum atomic E-state index is 5.47. The van der Waals surface area contributed by atoms with Crippen LogP contribution in [0.25, 0.3) is 10.2 Å². The molecule has 0 aliphatic heterocycles. The van der Waals surface area contributed by atoms with Gasteiger partial charge in [-0.15, -0.1) is 22.7 Å². The van der Waals surface area contributed by atoms with Crippen molar-refractivity contribution in [2.75, 3.05) is 10.7 Å². The van der Waals surface area contributed by atoms with E-state index in [1.54, 1.807) is 22.7 Å². The summed E-state index contributed by atoms with van der Waals surface area (Å²) >= 11 is 3.33. The molecule has 110 valence electrons. The van der Waals surface area contributed by atoms with Gasteiger partial charge in [-0.2, -0.15) is 4.98 Å². The molecular weight excluding hydrogens is 302 g/mol. The van der Waals surface area contributed by atoms with Gasteiger partial charge in [0.05, 0.1) is 11.4 Å². The van der Waals surface area contributed by atoms with Gasteiger partial charge in [0.15, 0.2) is 0 Å². The fourth-order valence-electron chi connectivity index (χ4n) is 2.21. The number of nitrogen functional groups attached to an aromatic ring is 1. The van der Waals surface area contributed by atoms with E-state index in [1.165, 1.54) is 4.88 Å². The highest BCUT2D eigenvalue weighted by Crippen LogP contribution is 2.33. The van der Waals surface area contributed by atoms with Gasteiger partial charge in [-0.25, -0.2) is 10.8 Å². The molecule has 3 heterocycles. The maximum Gasteiger partial charge on any atom is 0.240 e. The number of hydrogen-bond acceptors (Lipinski definition) is 7. The number of fused-ring (bicyclic) bond motifs is 1. The number of hydrazine groups is 1. The van der Waals surface area contributed by atoms with Gasteiger partial charge >= 0.3 is 0 Å². The van der Waals surface area contributed by atoms with Crippen molar-refractivity contribution in [3.05, 3.63) is 33.8 Å². The van der Waals surface area contributed by atoms with Crippen molar-refractivity contribution < 1.29 is 0 Å². The van der Waals surface area contributed by atoms with Gasteiger partial charge in [-0.3, -0.25) is 5.43 Å². The van der Waals surface area contributed by atoms with E-state index in [1.807, 2.05) is 11.4 Å². The Kier molecular flexibility index (Phi) is 4.05. The van der Waals surface area contributed by atoms with Crippen molar-refractivity contribution >= 4 is 44.7 Å². The third kappa shape index (κ3) is 2.85. The molecule has 1 atom stereocenters. The van der Waals surface area contributed by atoms with Gasteiger partial charge in [0.1, 0.15) is 10.6 Å². The summed E-state index contributed by atoms with van der Waals surface area (Å²) in [5, 5.41) is 8.69. The van der Waals surface area contributed by atoms with Crippen LogP contribution in [0.3, 0.4) is 0 Å². The normalized spacial score (nSPS) is 12.8. The smallest absolute Gasteiger partial charge is 0.240 e. The lowest BCUT2D eigenvalue weighted by Crippen LogP contribution is -2.18. The van der Waals surface area contributed by atoms with E-state index < -0.39 is 0 Å². The second kappa shape index (κ2) is 5.97. The van der Waals surface area contributed by atoms with Crippen molar-refractivity contribution in [2.24, 2.45) is 11.8 Å². The molecule has 0 saturated carbocycles. The lowest BCUT2D eigenvalue weighted by molar-refractivity contribution is 0.552. The van der Waals surface area contributed by atoms with Crippen LogP contribution in [-0.4, -0.2) is 9.97 Å². The molecule has 3 aromatic rings. The third-order valence-electron chi connectivity index (χ3n) is 3.26. The molecular formula is C14H17N5S2. The predicted molar refractivity (Wildman–Crippen MR) is 90.7 cm³/mol. The summed E-state index contributed by atoms with van der Waals surface area (Å²) in [5.41, 5.74) is 2.53. The first-order valence-electron chi connectivity index (χ1n) is 6.71. The van der Waals surface area contributed by atoms with E-state index >= 15 is 0 Å². The zero-order chi connectivity index (χ0) is 14.8. The molecule has 4 N–H and O–H groups in total. The van der Waals surface area contributed by atoms with Crippen LogP contribution in [-0.2, 0) is 0 Å². The Morgan fingerprint density at radius 3 is 2.67 bits per heavy atom. The fourth-order valence-corrected chi connectivity index (χ4v) is 3.92. The molecule has 0 fully saturated rings. The van der Waals surface area contributed by atoms with Gasteiger partial charge in [0.2, 0.25) is 5.95 Å². The highest BCUT2D eigenvalue weighted by Gasteiger charge is 2.19. The minimum atomic E-state index is 0.216. The van der Waals surface area contributed by atoms with Gasteiger partial charge in [-0.05, 0) is 28.8 Å². The molecule has 0 aromatic carbocycles. The Hall–Kier alpha value is -1.70. The van der Waals surface area contributed by atoms with Gasteiger partial charge in [0.25, 0.3) is 0 Å². The van der Waals surface area contributed by atoms with Gasteiger partial charge < -0.3 is 5.32 Å². The van der Waals surface area contributed by atoms with E-state index in [4.69, 9.17) is 5.84 Å². The van der Waals surface area contributed by atoms with Crippen LogP contribution in [0.5, 0.6) is 0 Å². The Bertz CT molecular complexity index is 720. The van der Waals surface area contributed by atoms with Crippen molar-refractivity contribution in [1.82, 2.24) is 9.97 Å². The van der Waals surface area contributed by atoms with Gasteiger partial charge in [0, 0.05) is 4.88 Å². The fraction of sp³-hybridized carbons (Fsp3) is 0.286. The summed E-state index contributed by atoms with van der Waals surface area (Å²) in [6.07, 6.45) is 0. The molecule has 1 unspecified atom stereocenters. The van der Waals surface area contributed by atoms with E-state index in [0.29, 0.717) is 11.9 Å². The van der Waals surface area contributed by atoms with Crippen molar-refractivity contribution in [3.63, 3.8) is 0 Å². The highest BCUT2D eigenvalue weighted by atomic mass is 32.1. The van der Waals surface area contributed by atoms with Gasteiger partial charge in [-0.1, -0.05) is 19.9 Å². The average Bonchev–Trinajstić information content (AvgIpc) is 3.14. The molecule has 0 aliphatic carbocycles. The van der Waals surface area contributed by atoms with Crippen LogP contribution in [0, 0.1) is 5.92 Å². The summed E-state index contributed by atoms with van der Waals surface area (Å²) in [6, 6.07) is 6.48. The second-order valence-electron chi connectivity index (χ2n) is 5.06. The SMILES string of the molecule is CC(C)C(Nc1nc(NN)nc2sccc12)c1cccs1. The first-order valence-corrected chi connectivity index (χ1v) is 8.46. The Morgan fingerprint density at radius 1 is 1.14 bits per heavy atom. The first-order chi connectivity index (χ1) is 10.2. The minimum absolute atomic E-state index is 0.216. The minimum Gasteiger partial charge on any atom is -0.361 e. The van der Waals surface area contributed by atoms with Crippen LogP contribution < -0.4 is 16.6 Å². The summed E-state index contributed by atoms with van der Waals surface area (Å²) in [4.78, 5) is 11.1. The monoisotopic (exact) mass is 319 g/mol. The average molecular weight is 319 g/mol. The molecule has 0 amide bonds. The van der Waals surface area contributed by atoms with E-state index in [0.717, 1.165) is 16.0 Å². The lowest BCUT2D eigenvalue weighted by Gasteiger charge is -2.22. The highest BCUT2D eigenvalue weighted by molar-refractivity contribution is 7.16. The third-order valence-corrected chi connectivity index (χ3v) is 5.02. The van der Waals surface area contributed by atoms with Crippen LogP contribution in [0.15, 0.2) is 29.0 Å². The Balaban J connectivity index is 2.01. The molecule has 0 saturated heterocycles. The van der Waals surface area contributed by atoms with E-state index in [-0.39, 0.29) is 6.04 Å². The molecule has 7 heteroatoms. The quantitative estimate of drug-likeness (QED) is 0.492. The van der Waals surface area contributed by atoms with Crippen molar-refractivity contribution in [3.8, 4) is 0 Å². The molecule has 3 aromatic heterocycles. The number of anilines is 2. The zero-order valence-electron chi connectivity index (χ0n) is 11.8. The standard InChI is InChI=1S/C14H17N5S2/c1-8(2)11(10-4-3-6-20-10)16-12-9-5-7-21-13(9)18-14(17-12)19-15/h3-8,11H,15H2,1-2H3,(H2,16,17,18,19). The summed E-state index contributed by atoms with van der Waals surface area (Å²) < 4.78 is 0. The van der Waals surface area contributed by atoms with Crippen LogP contribution in [0.2, 0.25) is 0 Å². The lowest BCUT2D eigenvalue weighted by atomic mass is 10.0. The molecule has 5 nitrogen and oxygen atoms in total. The summed E-state index contributed by atoms with van der Waals surface area (Å²) in [7, 11) is 0. The Morgan fingerprint density at radius 2 is 2.00 bits per heavy atom. The maximum absolute atomic E-state index is 5.47.